The van der Waals surface area contributed by atoms with Crippen LogP contribution < -0.4 is 0 Å². The third kappa shape index (κ3) is 5.27. The van der Waals surface area contributed by atoms with Crippen LogP contribution >= 0.6 is 22.9 Å². The van der Waals surface area contributed by atoms with Crippen LogP contribution in [0.3, 0.4) is 0 Å². The minimum absolute atomic E-state index is 0.170. The fraction of sp³-hybridized carbons (Fsp3) is 0.727. The van der Waals surface area contributed by atoms with Gasteiger partial charge in [-0.25, -0.2) is 13.4 Å². The molecule has 1 aromatic rings. The van der Waals surface area contributed by atoms with Gasteiger partial charge in [0.05, 0.1) is 12.8 Å². The number of hydrogen-bond acceptors (Lipinski definition) is 6. The molecule has 0 unspecified atom stereocenters. The lowest BCUT2D eigenvalue weighted by molar-refractivity contribution is 0.177. The number of sulfonamides is 1. The number of hydrogen-bond donors (Lipinski definition) is 0. The van der Waals surface area contributed by atoms with E-state index in [0.29, 0.717) is 19.7 Å². The lowest BCUT2D eigenvalue weighted by Crippen LogP contribution is -2.35. The van der Waals surface area contributed by atoms with Crippen LogP contribution in [0.1, 0.15) is 6.42 Å². The second kappa shape index (κ2) is 8.26. The summed E-state index contributed by atoms with van der Waals surface area (Å²) < 4.78 is 31.8. The van der Waals surface area contributed by atoms with Crippen LogP contribution in [0, 0.1) is 0 Å². The summed E-state index contributed by atoms with van der Waals surface area (Å²) in [5.74, 6) is 0. The zero-order valence-corrected chi connectivity index (χ0v) is 14.3. The van der Waals surface area contributed by atoms with Gasteiger partial charge in [-0.05, 0) is 27.1 Å². The van der Waals surface area contributed by atoms with E-state index in [-0.39, 0.29) is 8.68 Å². The summed E-state index contributed by atoms with van der Waals surface area (Å²) in [5.41, 5.74) is 0. The topological polar surface area (TPSA) is 62.7 Å². The molecule has 0 N–H and O–H groups in total. The van der Waals surface area contributed by atoms with E-state index in [9.17, 15) is 8.42 Å². The first kappa shape index (κ1) is 17.8. The van der Waals surface area contributed by atoms with Crippen molar-refractivity contribution < 1.29 is 13.2 Å². The van der Waals surface area contributed by atoms with Gasteiger partial charge in [0.25, 0.3) is 10.0 Å². The molecule has 6 nitrogen and oxygen atoms in total. The lowest BCUT2D eigenvalue weighted by atomic mass is 10.4. The van der Waals surface area contributed by atoms with Gasteiger partial charge in [0.15, 0.2) is 8.68 Å². The normalized spacial score (nSPS) is 12.5. The molecule has 1 heterocycles. The van der Waals surface area contributed by atoms with Gasteiger partial charge >= 0.3 is 0 Å². The molecule has 0 atom stereocenters. The molecule has 0 aliphatic heterocycles. The Balaban J connectivity index is 2.80. The molecule has 0 saturated carbocycles. The molecule has 0 aliphatic carbocycles. The smallest absolute Gasteiger partial charge is 0.254 e. The largest absolute Gasteiger partial charge is 0.383 e. The van der Waals surface area contributed by atoms with Crippen LogP contribution in [0.25, 0.3) is 0 Å². The summed E-state index contributed by atoms with van der Waals surface area (Å²) in [6.07, 6.45) is 2.05. The van der Waals surface area contributed by atoms with Crippen molar-refractivity contribution in [2.75, 3.05) is 47.4 Å². The molecule has 0 aromatic carbocycles. The Morgan fingerprint density at radius 2 is 2.05 bits per heavy atom. The summed E-state index contributed by atoms with van der Waals surface area (Å²) in [7, 11) is 1.92. The molecule has 1 rings (SSSR count). The van der Waals surface area contributed by atoms with Gasteiger partial charge < -0.3 is 9.64 Å². The molecule has 0 saturated heterocycles. The SMILES string of the molecule is COCCN(CCCN(C)C)S(=O)(=O)c1cnc(Cl)s1. The maximum Gasteiger partial charge on any atom is 0.254 e. The third-order valence-electron chi connectivity index (χ3n) is 2.61. The summed E-state index contributed by atoms with van der Waals surface area (Å²) >= 11 is 6.68. The predicted octanol–water partition coefficient (Wildman–Crippen LogP) is 1.39. The number of ether oxygens (including phenoxy) is 1. The van der Waals surface area contributed by atoms with Crippen molar-refractivity contribution in [1.29, 1.82) is 0 Å². The van der Waals surface area contributed by atoms with Gasteiger partial charge in [0.1, 0.15) is 0 Å². The predicted molar refractivity (Wildman–Crippen MR) is 80.9 cm³/mol. The molecule has 20 heavy (non-hydrogen) atoms. The average molecular weight is 342 g/mol. The van der Waals surface area contributed by atoms with Crippen LogP contribution in [0.4, 0.5) is 0 Å². The van der Waals surface area contributed by atoms with Gasteiger partial charge in [-0.15, -0.1) is 0 Å². The maximum absolute atomic E-state index is 12.5. The number of thiazole rings is 1. The van der Waals surface area contributed by atoms with Crippen molar-refractivity contribution in [2.45, 2.75) is 10.6 Å². The fourth-order valence-corrected chi connectivity index (χ4v) is 4.51. The molecule has 0 amide bonds. The molecule has 0 radical (unpaired) electrons. The van der Waals surface area contributed by atoms with Crippen LogP contribution in [0.15, 0.2) is 10.4 Å². The summed E-state index contributed by atoms with van der Waals surface area (Å²) in [5, 5.41) is 0. The van der Waals surface area contributed by atoms with Crippen LogP contribution in [0.5, 0.6) is 0 Å². The monoisotopic (exact) mass is 341 g/mol. The molecule has 0 aliphatic rings. The number of aromatic nitrogens is 1. The number of halogens is 1. The first-order valence-electron chi connectivity index (χ1n) is 6.13. The first-order chi connectivity index (χ1) is 9.37. The number of rotatable bonds is 9. The summed E-state index contributed by atoms with van der Waals surface area (Å²) in [4.78, 5) is 5.81. The molecular formula is C11H20ClN3O3S2. The third-order valence-corrected chi connectivity index (χ3v) is 6.06. The Morgan fingerprint density at radius 1 is 1.35 bits per heavy atom. The van der Waals surface area contributed by atoms with E-state index in [0.717, 1.165) is 24.3 Å². The van der Waals surface area contributed by atoms with Crippen molar-refractivity contribution in [1.82, 2.24) is 14.2 Å². The highest BCUT2D eigenvalue weighted by molar-refractivity contribution is 7.91. The van der Waals surface area contributed by atoms with E-state index in [4.69, 9.17) is 16.3 Å². The standard InChI is InChI=1S/C11H20ClN3O3S2/c1-14(2)5-4-6-15(7-8-18-3)20(16,17)10-9-13-11(12)19-10/h9H,4-8H2,1-3H3. The highest BCUT2D eigenvalue weighted by Gasteiger charge is 2.26. The highest BCUT2D eigenvalue weighted by atomic mass is 35.5. The zero-order valence-electron chi connectivity index (χ0n) is 11.9. The average Bonchev–Trinajstić information content (AvgIpc) is 2.80. The van der Waals surface area contributed by atoms with E-state index < -0.39 is 10.0 Å². The minimum Gasteiger partial charge on any atom is -0.383 e. The van der Waals surface area contributed by atoms with Crippen LogP contribution in [-0.2, 0) is 14.8 Å². The Hall–Kier alpha value is -0.250. The van der Waals surface area contributed by atoms with Gasteiger partial charge in [-0.1, -0.05) is 22.9 Å². The summed E-state index contributed by atoms with van der Waals surface area (Å²) in [6.45, 7) is 1.94. The first-order valence-corrected chi connectivity index (χ1v) is 8.76. The van der Waals surface area contributed by atoms with Crippen molar-refractivity contribution in [2.24, 2.45) is 0 Å². The van der Waals surface area contributed by atoms with Crippen molar-refractivity contribution in [3.63, 3.8) is 0 Å². The molecule has 1 aromatic heterocycles. The minimum atomic E-state index is -3.54. The quantitative estimate of drug-likeness (QED) is 0.679. The van der Waals surface area contributed by atoms with E-state index in [1.54, 1.807) is 7.11 Å². The van der Waals surface area contributed by atoms with Gasteiger partial charge in [-0.2, -0.15) is 4.31 Å². The lowest BCUT2D eigenvalue weighted by Gasteiger charge is -2.21. The number of nitrogens with zero attached hydrogens (tertiary/aromatic N) is 3. The zero-order chi connectivity index (χ0) is 15.2. The van der Waals surface area contributed by atoms with Crippen molar-refractivity contribution in [3.05, 3.63) is 10.7 Å². The Kier molecular flexibility index (Phi) is 7.35. The van der Waals surface area contributed by atoms with Crippen LogP contribution in [-0.4, -0.2) is 70.1 Å². The van der Waals surface area contributed by atoms with E-state index in [2.05, 4.69) is 4.98 Å². The fourth-order valence-electron chi connectivity index (χ4n) is 1.59. The Labute approximate surface area is 129 Å². The molecule has 116 valence electrons. The second-order valence-corrected chi connectivity index (χ2v) is 8.26. The van der Waals surface area contributed by atoms with E-state index >= 15 is 0 Å². The second-order valence-electron chi connectivity index (χ2n) is 4.49. The van der Waals surface area contributed by atoms with Crippen molar-refractivity contribution >= 4 is 33.0 Å². The number of methoxy groups -OCH3 is 1. The maximum atomic E-state index is 12.5. The molecule has 0 bridgehead atoms. The molecular weight excluding hydrogens is 322 g/mol. The molecule has 0 fully saturated rings. The van der Waals surface area contributed by atoms with Gasteiger partial charge in [-0.3, -0.25) is 0 Å². The molecule has 9 heteroatoms. The van der Waals surface area contributed by atoms with Crippen LogP contribution in [0.2, 0.25) is 4.47 Å². The Bertz CT molecular complexity index is 505. The van der Waals surface area contributed by atoms with Crippen molar-refractivity contribution in [3.8, 4) is 0 Å². The summed E-state index contributed by atoms with van der Waals surface area (Å²) in [6, 6.07) is 0. The van der Waals surface area contributed by atoms with Gasteiger partial charge in [0.2, 0.25) is 0 Å². The molecule has 0 spiro atoms. The van der Waals surface area contributed by atoms with E-state index in [1.165, 1.54) is 10.5 Å². The highest BCUT2D eigenvalue weighted by Crippen LogP contribution is 2.25. The van der Waals surface area contributed by atoms with Gasteiger partial charge in [0, 0.05) is 20.2 Å². The van der Waals surface area contributed by atoms with E-state index in [1.807, 2.05) is 19.0 Å². The Morgan fingerprint density at radius 3 is 2.55 bits per heavy atom.